The highest BCUT2D eigenvalue weighted by Gasteiger charge is 2.27. The van der Waals surface area contributed by atoms with Gasteiger partial charge in [-0.2, -0.15) is 0 Å². The van der Waals surface area contributed by atoms with Gasteiger partial charge in [0.25, 0.3) is 0 Å². The number of halogens is 4. The van der Waals surface area contributed by atoms with E-state index in [0.717, 1.165) is 44.9 Å². The maximum absolute atomic E-state index is 15.1. The molecule has 2 aromatic carbocycles. The predicted molar refractivity (Wildman–Crippen MR) is 137 cm³/mol. The van der Waals surface area contributed by atoms with E-state index in [-0.39, 0.29) is 28.7 Å². The molecule has 0 radical (unpaired) electrons. The van der Waals surface area contributed by atoms with E-state index in [1.54, 1.807) is 6.07 Å². The van der Waals surface area contributed by atoms with Gasteiger partial charge in [0.1, 0.15) is 0 Å². The van der Waals surface area contributed by atoms with Gasteiger partial charge in [-0.05, 0) is 81.3 Å². The highest BCUT2D eigenvalue weighted by molar-refractivity contribution is 5.66. The summed E-state index contributed by atoms with van der Waals surface area (Å²) in [4.78, 5) is 0. The molecule has 2 atom stereocenters. The van der Waals surface area contributed by atoms with Crippen molar-refractivity contribution in [1.29, 1.82) is 0 Å². The van der Waals surface area contributed by atoms with Gasteiger partial charge in [0.2, 0.25) is 0 Å². The molecule has 2 unspecified atom stereocenters. The molecule has 36 heavy (non-hydrogen) atoms. The Morgan fingerprint density at radius 3 is 2.14 bits per heavy atom. The van der Waals surface area contributed by atoms with Gasteiger partial charge < -0.3 is 4.74 Å². The van der Waals surface area contributed by atoms with E-state index in [2.05, 4.69) is 13.0 Å². The molecular weight excluding hydrogens is 464 g/mol. The molecule has 1 aliphatic carbocycles. The van der Waals surface area contributed by atoms with Gasteiger partial charge in [-0.25, -0.2) is 17.6 Å². The minimum absolute atomic E-state index is 0.0183. The van der Waals surface area contributed by atoms with Crippen LogP contribution in [-0.4, -0.2) is 12.7 Å². The van der Waals surface area contributed by atoms with E-state index in [1.807, 2.05) is 13.0 Å². The molecule has 0 spiro atoms. The van der Waals surface area contributed by atoms with Crippen molar-refractivity contribution in [3.8, 4) is 11.1 Å². The number of hydrogen-bond donors (Lipinski definition) is 0. The van der Waals surface area contributed by atoms with Crippen LogP contribution >= 0.6 is 0 Å². The molecule has 2 aliphatic rings. The largest absolute Gasteiger partial charge is 0.378 e. The Labute approximate surface area is 212 Å². The molecule has 4 rings (SSSR count). The maximum atomic E-state index is 15.1. The summed E-state index contributed by atoms with van der Waals surface area (Å²) in [5.74, 6) is -3.10. The lowest BCUT2D eigenvalue weighted by Crippen LogP contribution is -2.25. The Hall–Kier alpha value is -2.14. The molecule has 0 aromatic heterocycles. The van der Waals surface area contributed by atoms with Crippen LogP contribution in [0.4, 0.5) is 17.6 Å². The Kier molecular flexibility index (Phi) is 9.27. The van der Waals surface area contributed by atoms with Gasteiger partial charge in [0, 0.05) is 17.0 Å². The SMILES string of the molecule is CC=CC1CCC(CCc2ccc(-c3ccc(C4CCC(CCC)CC4)c(F)c3F)c(F)c2F)OC1. The van der Waals surface area contributed by atoms with Crippen LogP contribution in [0.3, 0.4) is 0 Å². The quantitative estimate of drug-likeness (QED) is 0.258. The molecule has 1 nitrogen and oxygen atoms in total. The predicted octanol–water partition coefficient (Wildman–Crippen LogP) is 9.29. The summed E-state index contributed by atoms with van der Waals surface area (Å²) in [7, 11) is 0. The van der Waals surface area contributed by atoms with Crippen LogP contribution in [0.15, 0.2) is 36.4 Å². The Morgan fingerprint density at radius 2 is 1.50 bits per heavy atom. The van der Waals surface area contributed by atoms with Crippen LogP contribution < -0.4 is 0 Å². The van der Waals surface area contributed by atoms with E-state index in [1.165, 1.54) is 24.6 Å². The average molecular weight is 503 g/mol. The van der Waals surface area contributed by atoms with Gasteiger partial charge in [-0.3, -0.25) is 0 Å². The minimum atomic E-state index is -1.13. The fourth-order valence-electron chi connectivity index (χ4n) is 6.04. The van der Waals surface area contributed by atoms with Crippen molar-refractivity contribution < 1.29 is 22.3 Å². The molecule has 1 heterocycles. The number of rotatable bonds is 8. The van der Waals surface area contributed by atoms with Gasteiger partial charge in [-0.1, -0.05) is 56.2 Å². The smallest absolute Gasteiger partial charge is 0.167 e. The molecular formula is C31H38F4O. The minimum Gasteiger partial charge on any atom is -0.378 e. The summed E-state index contributed by atoms with van der Waals surface area (Å²) in [5.41, 5.74) is 0.114. The van der Waals surface area contributed by atoms with E-state index >= 15 is 13.2 Å². The van der Waals surface area contributed by atoms with Crippen molar-refractivity contribution in [3.63, 3.8) is 0 Å². The summed E-state index contributed by atoms with van der Waals surface area (Å²) in [6.07, 6.45) is 13.0. The van der Waals surface area contributed by atoms with Crippen LogP contribution in [0.1, 0.15) is 88.7 Å². The summed E-state index contributed by atoms with van der Waals surface area (Å²) in [6, 6.07) is 5.82. The lowest BCUT2D eigenvalue weighted by molar-refractivity contribution is -0.00800. The zero-order valence-corrected chi connectivity index (χ0v) is 21.5. The molecule has 1 saturated heterocycles. The monoisotopic (exact) mass is 502 g/mol. The molecule has 1 saturated carbocycles. The average Bonchev–Trinajstić information content (AvgIpc) is 2.89. The standard InChI is InChI=1S/C31H38F4O/c1-3-5-20-7-10-22(11-8-20)25-17-18-27(31(35)29(25)33)26-16-13-23(28(32)30(26)34)12-15-24-14-9-21(6-4-2)19-36-24/h4,6,13,16-18,20-22,24H,3,5,7-12,14-15,19H2,1-2H3. The molecule has 0 amide bonds. The van der Waals surface area contributed by atoms with E-state index in [0.29, 0.717) is 36.8 Å². The topological polar surface area (TPSA) is 9.23 Å². The summed E-state index contributed by atoms with van der Waals surface area (Å²) in [6.45, 7) is 4.80. The zero-order valence-electron chi connectivity index (χ0n) is 21.5. The molecule has 2 fully saturated rings. The molecule has 5 heteroatoms. The Bertz CT molecular complexity index is 1050. The number of ether oxygens (including phenoxy) is 1. The van der Waals surface area contributed by atoms with Crippen LogP contribution in [0.5, 0.6) is 0 Å². The second kappa shape index (κ2) is 12.4. The lowest BCUT2D eigenvalue weighted by Gasteiger charge is -2.29. The fraction of sp³-hybridized carbons (Fsp3) is 0.548. The van der Waals surface area contributed by atoms with Gasteiger partial charge in [0.05, 0.1) is 12.7 Å². The first kappa shape index (κ1) is 26.9. The maximum Gasteiger partial charge on any atom is 0.167 e. The van der Waals surface area contributed by atoms with Gasteiger partial charge in [0.15, 0.2) is 23.3 Å². The first-order valence-electron chi connectivity index (χ1n) is 13.6. The third kappa shape index (κ3) is 6.04. The third-order valence-corrected chi connectivity index (χ3v) is 8.15. The van der Waals surface area contributed by atoms with Crippen molar-refractivity contribution in [2.75, 3.05) is 6.61 Å². The first-order valence-corrected chi connectivity index (χ1v) is 13.6. The van der Waals surface area contributed by atoms with Crippen molar-refractivity contribution in [2.24, 2.45) is 11.8 Å². The highest BCUT2D eigenvalue weighted by atomic mass is 19.2. The van der Waals surface area contributed by atoms with Crippen LogP contribution in [0.25, 0.3) is 11.1 Å². The number of benzene rings is 2. The van der Waals surface area contributed by atoms with Crippen LogP contribution in [0.2, 0.25) is 0 Å². The van der Waals surface area contributed by atoms with Crippen LogP contribution in [0, 0.1) is 35.1 Å². The van der Waals surface area contributed by atoms with Crippen molar-refractivity contribution in [3.05, 3.63) is 70.8 Å². The summed E-state index contributed by atoms with van der Waals surface area (Å²) < 4.78 is 66.0. The Balaban J connectivity index is 1.44. The number of hydrogen-bond acceptors (Lipinski definition) is 1. The molecule has 2 aromatic rings. The van der Waals surface area contributed by atoms with Crippen LogP contribution in [-0.2, 0) is 11.2 Å². The summed E-state index contributed by atoms with van der Waals surface area (Å²) in [5, 5.41) is 0. The number of aryl methyl sites for hydroxylation is 1. The summed E-state index contributed by atoms with van der Waals surface area (Å²) >= 11 is 0. The van der Waals surface area contributed by atoms with Crippen molar-refractivity contribution in [1.82, 2.24) is 0 Å². The fourth-order valence-corrected chi connectivity index (χ4v) is 6.04. The first-order chi connectivity index (χ1) is 17.4. The van der Waals surface area contributed by atoms with E-state index in [9.17, 15) is 4.39 Å². The second-order valence-corrected chi connectivity index (χ2v) is 10.6. The van der Waals surface area contributed by atoms with Gasteiger partial charge in [-0.15, -0.1) is 0 Å². The van der Waals surface area contributed by atoms with E-state index in [4.69, 9.17) is 4.74 Å². The normalized spacial score (nSPS) is 24.9. The van der Waals surface area contributed by atoms with E-state index < -0.39 is 23.3 Å². The molecule has 1 aliphatic heterocycles. The van der Waals surface area contributed by atoms with Crippen molar-refractivity contribution in [2.45, 2.75) is 90.1 Å². The zero-order chi connectivity index (χ0) is 25.7. The third-order valence-electron chi connectivity index (χ3n) is 8.15. The van der Waals surface area contributed by atoms with Gasteiger partial charge >= 0.3 is 0 Å². The number of allylic oxidation sites excluding steroid dienone is 1. The molecule has 0 N–H and O–H groups in total. The Morgan fingerprint density at radius 1 is 0.806 bits per heavy atom. The highest BCUT2D eigenvalue weighted by Crippen LogP contribution is 2.40. The lowest BCUT2D eigenvalue weighted by atomic mass is 9.77. The molecule has 196 valence electrons. The van der Waals surface area contributed by atoms with Crippen molar-refractivity contribution >= 4 is 0 Å². The molecule has 0 bridgehead atoms. The second-order valence-electron chi connectivity index (χ2n) is 10.6.